The van der Waals surface area contributed by atoms with Gasteiger partial charge in [0.05, 0.1) is 5.69 Å². The molecular weight excluding hydrogens is 314 g/mol. The molecule has 0 spiro atoms. The first kappa shape index (κ1) is 18.6. The van der Waals surface area contributed by atoms with Gasteiger partial charge in [0.2, 0.25) is 0 Å². The topological polar surface area (TPSA) is 47.6 Å². The molecule has 0 bridgehead atoms. The first-order valence-corrected chi connectivity index (χ1v) is 8.26. The molecule has 2 rings (SSSR count). The molecular formula is C21H25NO3. The van der Waals surface area contributed by atoms with Gasteiger partial charge in [-0.3, -0.25) is 4.79 Å². The van der Waals surface area contributed by atoms with Crippen LogP contribution < -0.4 is 14.8 Å². The van der Waals surface area contributed by atoms with E-state index in [9.17, 15) is 4.79 Å². The number of carbonyl (C=O) groups excluding carboxylic acids is 1. The van der Waals surface area contributed by atoms with E-state index in [-0.39, 0.29) is 17.9 Å². The lowest BCUT2D eigenvalue weighted by atomic mass is 9.87. The predicted molar refractivity (Wildman–Crippen MR) is 101 cm³/mol. The van der Waals surface area contributed by atoms with E-state index in [1.54, 1.807) is 18.2 Å². The van der Waals surface area contributed by atoms with Gasteiger partial charge in [-0.2, -0.15) is 0 Å². The number of hydrogen-bond acceptors (Lipinski definition) is 3. The first-order chi connectivity index (χ1) is 11.9. The van der Waals surface area contributed by atoms with Crippen LogP contribution in [0.5, 0.6) is 11.5 Å². The lowest BCUT2D eigenvalue weighted by Gasteiger charge is -2.19. The maximum Gasteiger partial charge on any atom is 0.262 e. The Morgan fingerprint density at radius 3 is 2.40 bits per heavy atom. The van der Waals surface area contributed by atoms with Crippen molar-refractivity contribution in [2.45, 2.75) is 26.2 Å². The van der Waals surface area contributed by atoms with Crippen molar-refractivity contribution < 1.29 is 14.3 Å². The summed E-state index contributed by atoms with van der Waals surface area (Å²) < 4.78 is 11.1. The molecule has 0 radical (unpaired) electrons. The number of para-hydroxylation sites is 2. The summed E-state index contributed by atoms with van der Waals surface area (Å²) in [5, 5.41) is 2.80. The van der Waals surface area contributed by atoms with Crippen molar-refractivity contribution in [2.75, 3.05) is 18.5 Å². The average Bonchev–Trinajstić information content (AvgIpc) is 2.59. The molecule has 0 aromatic heterocycles. The number of benzene rings is 2. The van der Waals surface area contributed by atoms with Crippen LogP contribution in [0.1, 0.15) is 26.3 Å². The SMILES string of the molecule is C=CCOc1ccccc1NC(=O)COc1ccc(C(C)(C)C)cc1. The van der Waals surface area contributed by atoms with Gasteiger partial charge in [0, 0.05) is 0 Å². The van der Waals surface area contributed by atoms with Gasteiger partial charge in [-0.15, -0.1) is 0 Å². The van der Waals surface area contributed by atoms with E-state index < -0.39 is 0 Å². The maximum absolute atomic E-state index is 12.1. The second-order valence-electron chi connectivity index (χ2n) is 6.71. The van der Waals surface area contributed by atoms with Gasteiger partial charge in [-0.05, 0) is 35.2 Å². The Balaban J connectivity index is 1.92. The second-order valence-corrected chi connectivity index (χ2v) is 6.71. The van der Waals surface area contributed by atoms with Crippen LogP contribution in [0.2, 0.25) is 0 Å². The molecule has 0 aliphatic carbocycles. The van der Waals surface area contributed by atoms with Crippen molar-refractivity contribution in [1.29, 1.82) is 0 Å². The highest BCUT2D eigenvalue weighted by molar-refractivity contribution is 5.93. The molecule has 0 atom stereocenters. The smallest absolute Gasteiger partial charge is 0.262 e. The Bertz CT molecular complexity index is 715. The molecule has 2 aromatic rings. The monoisotopic (exact) mass is 339 g/mol. The minimum Gasteiger partial charge on any atom is -0.487 e. The number of ether oxygens (including phenoxy) is 2. The van der Waals surface area contributed by atoms with Crippen molar-refractivity contribution in [3.05, 3.63) is 66.7 Å². The standard InChI is InChI=1S/C21H25NO3/c1-5-14-24-19-9-7-6-8-18(19)22-20(23)15-25-17-12-10-16(11-13-17)21(2,3)4/h5-13H,1,14-15H2,2-4H3,(H,22,23). The van der Waals surface area contributed by atoms with E-state index in [1.165, 1.54) is 5.56 Å². The zero-order valence-corrected chi connectivity index (χ0v) is 15.0. The summed E-state index contributed by atoms with van der Waals surface area (Å²) in [5.74, 6) is 1.03. The highest BCUT2D eigenvalue weighted by Gasteiger charge is 2.13. The third-order valence-electron chi connectivity index (χ3n) is 3.61. The highest BCUT2D eigenvalue weighted by Crippen LogP contribution is 2.25. The summed E-state index contributed by atoms with van der Waals surface area (Å²) in [6, 6.07) is 15.1. The molecule has 0 unspecified atom stereocenters. The molecule has 1 N–H and O–H groups in total. The van der Waals surface area contributed by atoms with Gasteiger partial charge in [0.25, 0.3) is 5.91 Å². The first-order valence-electron chi connectivity index (χ1n) is 8.26. The van der Waals surface area contributed by atoms with Gasteiger partial charge in [-0.1, -0.05) is 57.7 Å². The van der Waals surface area contributed by atoms with Gasteiger partial charge in [-0.25, -0.2) is 0 Å². The van der Waals surface area contributed by atoms with Crippen LogP contribution in [0.3, 0.4) is 0 Å². The Morgan fingerprint density at radius 1 is 1.08 bits per heavy atom. The van der Waals surface area contributed by atoms with Gasteiger partial charge in [0.15, 0.2) is 6.61 Å². The molecule has 0 aliphatic heterocycles. The number of anilines is 1. The van der Waals surface area contributed by atoms with Gasteiger partial charge < -0.3 is 14.8 Å². The maximum atomic E-state index is 12.1. The fraction of sp³-hybridized carbons (Fsp3) is 0.286. The summed E-state index contributed by atoms with van der Waals surface area (Å²) in [6.07, 6.45) is 1.66. The lowest BCUT2D eigenvalue weighted by molar-refractivity contribution is -0.118. The lowest BCUT2D eigenvalue weighted by Crippen LogP contribution is -2.20. The van der Waals surface area contributed by atoms with E-state index in [1.807, 2.05) is 36.4 Å². The Hall–Kier alpha value is -2.75. The molecule has 1 amide bonds. The van der Waals surface area contributed by atoms with Crippen LogP contribution in [-0.4, -0.2) is 19.1 Å². The van der Waals surface area contributed by atoms with Gasteiger partial charge >= 0.3 is 0 Å². The molecule has 0 saturated heterocycles. The molecule has 4 heteroatoms. The Labute approximate surface area is 149 Å². The van der Waals surface area contributed by atoms with Crippen molar-refractivity contribution in [3.8, 4) is 11.5 Å². The summed E-state index contributed by atoms with van der Waals surface area (Å²) >= 11 is 0. The largest absolute Gasteiger partial charge is 0.487 e. The summed E-state index contributed by atoms with van der Waals surface area (Å²) in [4.78, 5) is 12.1. The van der Waals surface area contributed by atoms with Crippen LogP contribution in [0.25, 0.3) is 0 Å². The number of nitrogens with one attached hydrogen (secondary N) is 1. The third-order valence-corrected chi connectivity index (χ3v) is 3.61. The minimum atomic E-state index is -0.241. The minimum absolute atomic E-state index is 0.0648. The van der Waals surface area contributed by atoms with Crippen molar-refractivity contribution in [2.24, 2.45) is 0 Å². The zero-order valence-electron chi connectivity index (χ0n) is 15.0. The molecule has 0 saturated carbocycles. The molecule has 132 valence electrons. The van der Waals surface area contributed by atoms with E-state index >= 15 is 0 Å². The quantitative estimate of drug-likeness (QED) is 0.752. The second kappa shape index (κ2) is 8.38. The van der Waals surface area contributed by atoms with Crippen LogP contribution in [0, 0.1) is 0 Å². The average molecular weight is 339 g/mol. The molecule has 0 heterocycles. The fourth-order valence-corrected chi connectivity index (χ4v) is 2.23. The Morgan fingerprint density at radius 2 is 1.76 bits per heavy atom. The van der Waals surface area contributed by atoms with Crippen LogP contribution in [-0.2, 0) is 10.2 Å². The van der Waals surface area contributed by atoms with Crippen molar-refractivity contribution in [1.82, 2.24) is 0 Å². The van der Waals surface area contributed by atoms with E-state index in [0.29, 0.717) is 23.8 Å². The number of rotatable bonds is 7. The summed E-state index contributed by atoms with van der Waals surface area (Å²) in [7, 11) is 0. The number of hydrogen-bond donors (Lipinski definition) is 1. The van der Waals surface area contributed by atoms with E-state index in [0.717, 1.165) is 0 Å². The highest BCUT2D eigenvalue weighted by atomic mass is 16.5. The summed E-state index contributed by atoms with van der Waals surface area (Å²) in [5.41, 5.74) is 1.92. The van der Waals surface area contributed by atoms with Gasteiger partial charge in [0.1, 0.15) is 18.1 Å². The zero-order chi connectivity index (χ0) is 18.3. The molecule has 25 heavy (non-hydrogen) atoms. The van der Waals surface area contributed by atoms with Crippen LogP contribution in [0.15, 0.2) is 61.2 Å². The fourth-order valence-electron chi connectivity index (χ4n) is 2.23. The Kier molecular flexibility index (Phi) is 6.23. The molecule has 0 fully saturated rings. The van der Waals surface area contributed by atoms with E-state index in [2.05, 4.69) is 32.7 Å². The molecule has 4 nitrogen and oxygen atoms in total. The third kappa shape index (κ3) is 5.68. The number of carbonyl (C=O) groups is 1. The van der Waals surface area contributed by atoms with Crippen molar-refractivity contribution >= 4 is 11.6 Å². The predicted octanol–water partition coefficient (Wildman–Crippen LogP) is 4.57. The number of amides is 1. The molecule has 0 aliphatic rings. The normalized spacial score (nSPS) is 10.8. The van der Waals surface area contributed by atoms with Crippen LogP contribution >= 0.6 is 0 Å². The van der Waals surface area contributed by atoms with E-state index in [4.69, 9.17) is 9.47 Å². The van der Waals surface area contributed by atoms with Crippen LogP contribution in [0.4, 0.5) is 5.69 Å². The molecule has 2 aromatic carbocycles. The van der Waals surface area contributed by atoms with Crippen molar-refractivity contribution in [3.63, 3.8) is 0 Å². The summed E-state index contributed by atoms with van der Waals surface area (Å²) in [6.45, 7) is 10.4.